The Hall–Kier alpha value is -1.52. The fourth-order valence-corrected chi connectivity index (χ4v) is 3.23. The minimum Gasteiger partial charge on any atom is -0.444 e. The standard InChI is InChI=1S/C20H36N6O2.HI/c1-16-22-11-14-25(16)12-7-6-10-23-18(21-5)24-17-9-8-13-26(15-17)19(27)28-20(2,3)4;/h11,14,17H,6-10,12-13,15H2,1-5H3,(H2,21,23,24);1H. The molecule has 1 aromatic heterocycles. The van der Waals surface area contributed by atoms with Crippen molar-refractivity contribution in [2.24, 2.45) is 4.99 Å². The summed E-state index contributed by atoms with van der Waals surface area (Å²) in [5.41, 5.74) is -0.468. The van der Waals surface area contributed by atoms with Gasteiger partial charge in [0.2, 0.25) is 0 Å². The molecule has 1 amide bonds. The number of imidazole rings is 1. The van der Waals surface area contributed by atoms with E-state index in [1.54, 1.807) is 11.9 Å². The topological polar surface area (TPSA) is 83.8 Å². The maximum absolute atomic E-state index is 12.3. The van der Waals surface area contributed by atoms with Crippen LogP contribution in [0.3, 0.4) is 0 Å². The highest BCUT2D eigenvalue weighted by Crippen LogP contribution is 2.15. The Morgan fingerprint density at radius 3 is 2.76 bits per heavy atom. The summed E-state index contributed by atoms with van der Waals surface area (Å²) in [4.78, 5) is 22.6. The van der Waals surface area contributed by atoms with E-state index >= 15 is 0 Å². The molecule has 1 saturated heterocycles. The zero-order chi connectivity index (χ0) is 20.6. The Kier molecular flexibility index (Phi) is 10.8. The molecule has 0 aliphatic carbocycles. The predicted octanol–water partition coefficient (Wildman–Crippen LogP) is 3.15. The lowest BCUT2D eigenvalue weighted by Crippen LogP contribution is -2.53. The van der Waals surface area contributed by atoms with Crippen LogP contribution in [-0.4, -0.2) is 64.8 Å². The van der Waals surface area contributed by atoms with Crippen LogP contribution in [0.5, 0.6) is 0 Å². The Balaban J connectivity index is 0.00000420. The van der Waals surface area contributed by atoms with Gasteiger partial charge in [0, 0.05) is 51.7 Å². The van der Waals surface area contributed by atoms with Gasteiger partial charge in [-0.3, -0.25) is 4.99 Å². The molecule has 2 rings (SSSR count). The number of aryl methyl sites for hydroxylation is 2. The number of unbranched alkanes of at least 4 members (excludes halogenated alkanes) is 1. The van der Waals surface area contributed by atoms with E-state index in [1.807, 2.05) is 40.1 Å². The molecular weight excluding hydrogens is 483 g/mol. The van der Waals surface area contributed by atoms with Gasteiger partial charge in [-0.05, 0) is 53.4 Å². The van der Waals surface area contributed by atoms with Crippen LogP contribution in [-0.2, 0) is 11.3 Å². The molecule has 2 heterocycles. The van der Waals surface area contributed by atoms with Crippen LogP contribution in [0.1, 0.15) is 52.3 Å². The first-order chi connectivity index (χ1) is 13.3. The fraction of sp³-hybridized carbons (Fsp3) is 0.750. The molecule has 2 N–H and O–H groups in total. The number of piperidine rings is 1. The molecule has 29 heavy (non-hydrogen) atoms. The number of hydrogen-bond donors (Lipinski definition) is 2. The van der Waals surface area contributed by atoms with Gasteiger partial charge in [-0.2, -0.15) is 0 Å². The fourth-order valence-electron chi connectivity index (χ4n) is 3.23. The first-order valence-corrected chi connectivity index (χ1v) is 10.2. The van der Waals surface area contributed by atoms with E-state index in [0.29, 0.717) is 6.54 Å². The van der Waals surface area contributed by atoms with E-state index in [-0.39, 0.29) is 36.1 Å². The SMILES string of the molecule is CN=C(NCCCCn1ccnc1C)NC1CCCN(C(=O)OC(C)(C)C)C1.I. The largest absolute Gasteiger partial charge is 0.444 e. The van der Waals surface area contributed by atoms with Gasteiger partial charge in [0.25, 0.3) is 0 Å². The number of aliphatic imine (C=N–C) groups is 1. The number of guanidine groups is 1. The average molecular weight is 520 g/mol. The maximum Gasteiger partial charge on any atom is 0.410 e. The Bertz CT molecular complexity index is 656. The van der Waals surface area contributed by atoms with Crippen molar-refractivity contribution in [1.29, 1.82) is 0 Å². The van der Waals surface area contributed by atoms with Crippen molar-refractivity contribution in [1.82, 2.24) is 25.1 Å². The van der Waals surface area contributed by atoms with Gasteiger partial charge in [0.05, 0.1) is 0 Å². The first-order valence-electron chi connectivity index (χ1n) is 10.2. The summed E-state index contributed by atoms with van der Waals surface area (Å²) < 4.78 is 7.66. The number of carbonyl (C=O) groups is 1. The quantitative estimate of drug-likeness (QED) is 0.261. The molecule has 1 unspecified atom stereocenters. The van der Waals surface area contributed by atoms with Crippen LogP contribution >= 0.6 is 24.0 Å². The summed E-state index contributed by atoms with van der Waals surface area (Å²) in [6.45, 7) is 10.9. The molecule has 8 nitrogen and oxygen atoms in total. The van der Waals surface area contributed by atoms with Crippen molar-refractivity contribution in [2.45, 2.75) is 71.6 Å². The normalized spacial score (nSPS) is 17.5. The summed E-state index contributed by atoms with van der Waals surface area (Å²) in [5, 5.41) is 6.81. The molecule has 1 aliphatic rings. The lowest BCUT2D eigenvalue weighted by Gasteiger charge is -2.35. The second-order valence-corrected chi connectivity index (χ2v) is 8.28. The summed E-state index contributed by atoms with van der Waals surface area (Å²) >= 11 is 0. The van der Waals surface area contributed by atoms with Gasteiger partial charge in [-0.15, -0.1) is 24.0 Å². The number of rotatable bonds is 6. The predicted molar refractivity (Wildman–Crippen MR) is 127 cm³/mol. The minimum absolute atomic E-state index is 0. The molecule has 1 fully saturated rings. The molecule has 0 radical (unpaired) electrons. The number of nitrogens with zero attached hydrogens (tertiary/aromatic N) is 4. The number of carbonyl (C=O) groups excluding carboxylic acids is 1. The van der Waals surface area contributed by atoms with Crippen LogP contribution in [0, 0.1) is 6.92 Å². The zero-order valence-electron chi connectivity index (χ0n) is 18.4. The van der Waals surface area contributed by atoms with Gasteiger partial charge in [0.1, 0.15) is 11.4 Å². The van der Waals surface area contributed by atoms with Crippen molar-refractivity contribution in [2.75, 3.05) is 26.7 Å². The molecule has 0 bridgehead atoms. The molecule has 166 valence electrons. The van der Waals surface area contributed by atoms with Crippen LogP contribution in [0.15, 0.2) is 17.4 Å². The molecular formula is C20H37IN6O2. The van der Waals surface area contributed by atoms with Gasteiger partial charge < -0.3 is 24.8 Å². The molecule has 1 aromatic rings. The summed E-state index contributed by atoms with van der Waals surface area (Å²) in [5.74, 6) is 1.84. The second-order valence-electron chi connectivity index (χ2n) is 8.28. The third-order valence-electron chi connectivity index (χ3n) is 4.68. The monoisotopic (exact) mass is 520 g/mol. The molecule has 0 spiro atoms. The highest BCUT2D eigenvalue weighted by atomic mass is 127. The van der Waals surface area contributed by atoms with E-state index in [1.165, 1.54) is 0 Å². The van der Waals surface area contributed by atoms with Crippen molar-refractivity contribution in [3.8, 4) is 0 Å². The minimum atomic E-state index is -0.468. The lowest BCUT2D eigenvalue weighted by molar-refractivity contribution is 0.0193. The summed E-state index contributed by atoms with van der Waals surface area (Å²) in [7, 11) is 1.78. The van der Waals surface area contributed by atoms with Crippen LogP contribution in [0.2, 0.25) is 0 Å². The van der Waals surface area contributed by atoms with Crippen LogP contribution in [0.25, 0.3) is 0 Å². The average Bonchev–Trinajstić information content (AvgIpc) is 3.04. The Morgan fingerprint density at radius 2 is 2.14 bits per heavy atom. The van der Waals surface area contributed by atoms with Crippen molar-refractivity contribution in [3.63, 3.8) is 0 Å². The van der Waals surface area contributed by atoms with E-state index < -0.39 is 5.60 Å². The summed E-state index contributed by atoms with van der Waals surface area (Å²) in [6.07, 6.45) is 7.71. The van der Waals surface area contributed by atoms with Gasteiger partial charge in [0.15, 0.2) is 5.96 Å². The Morgan fingerprint density at radius 1 is 1.38 bits per heavy atom. The van der Waals surface area contributed by atoms with Gasteiger partial charge in [-0.1, -0.05) is 0 Å². The second kappa shape index (κ2) is 12.2. The molecule has 0 aromatic carbocycles. The first kappa shape index (κ1) is 25.5. The van der Waals surface area contributed by atoms with Crippen molar-refractivity contribution >= 4 is 36.0 Å². The third-order valence-corrected chi connectivity index (χ3v) is 4.68. The Labute approximate surface area is 191 Å². The van der Waals surface area contributed by atoms with Crippen LogP contribution < -0.4 is 10.6 Å². The molecule has 1 aliphatic heterocycles. The van der Waals surface area contributed by atoms with Crippen molar-refractivity contribution in [3.05, 3.63) is 18.2 Å². The molecule has 1 atom stereocenters. The van der Waals surface area contributed by atoms with E-state index in [4.69, 9.17) is 4.74 Å². The molecule has 9 heteroatoms. The smallest absolute Gasteiger partial charge is 0.410 e. The maximum atomic E-state index is 12.3. The number of ether oxygens (including phenoxy) is 1. The number of halogens is 1. The van der Waals surface area contributed by atoms with E-state index in [0.717, 1.165) is 57.1 Å². The highest BCUT2D eigenvalue weighted by molar-refractivity contribution is 14.0. The number of amides is 1. The van der Waals surface area contributed by atoms with Crippen LogP contribution in [0.4, 0.5) is 4.79 Å². The third kappa shape index (κ3) is 9.22. The van der Waals surface area contributed by atoms with E-state index in [9.17, 15) is 4.79 Å². The molecule has 0 saturated carbocycles. The highest BCUT2D eigenvalue weighted by Gasteiger charge is 2.27. The van der Waals surface area contributed by atoms with Crippen molar-refractivity contribution < 1.29 is 9.53 Å². The number of likely N-dealkylation sites (tertiary alicyclic amines) is 1. The van der Waals surface area contributed by atoms with E-state index in [2.05, 4.69) is 25.2 Å². The van der Waals surface area contributed by atoms with Gasteiger partial charge in [-0.25, -0.2) is 9.78 Å². The summed E-state index contributed by atoms with van der Waals surface area (Å²) in [6, 6.07) is 0.182. The number of aromatic nitrogens is 2. The number of hydrogen-bond acceptors (Lipinski definition) is 4. The zero-order valence-corrected chi connectivity index (χ0v) is 20.7. The van der Waals surface area contributed by atoms with Gasteiger partial charge >= 0.3 is 6.09 Å². The number of nitrogens with one attached hydrogen (secondary N) is 2. The lowest BCUT2D eigenvalue weighted by atomic mass is 10.1.